The Balaban J connectivity index is 1.90. The number of carbonyl (C=O) groups excluding carboxylic acids is 1. The van der Waals surface area contributed by atoms with Crippen LogP contribution in [0.3, 0.4) is 0 Å². The van der Waals surface area contributed by atoms with Gasteiger partial charge in [0.2, 0.25) is 5.91 Å². The number of rotatable bonds is 1. The van der Waals surface area contributed by atoms with Crippen molar-refractivity contribution in [2.75, 3.05) is 31.1 Å². The average molecular weight is 292 g/mol. The molecule has 0 spiro atoms. The molecule has 2 aromatic rings. The first-order valence-electron chi connectivity index (χ1n) is 6.52. The summed E-state index contributed by atoms with van der Waals surface area (Å²) < 4.78 is 1.02. The highest BCUT2D eigenvalue weighted by molar-refractivity contribution is 7.17. The first-order chi connectivity index (χ1) is 9.65. The molecule has 7 heteroatoms. The van der Waals surface area contributed by atoms with Crippen LogP contribution in [0.25, 0.3) is 10.2 Å². The number of hydrogen-bond acceptors (Lipinski definition) is 6. The first kappa shape index (κ1) is 13.3. The SMILES string of the molecule is CC(=O)N1CCN(c2ncnc3ccsc23)C[C@H](O)C1. The third-order valence-electron chi connectivity index (χ3n) is 3.47. The summed E-state index contributed by atoms with van der Waals surface area (Å²) in [6.07, 6.45) is 0.982. The second kappa shape index (κ2) is 5.34. The zero-order chi connectivity index (χ0) is 14.1. The van der Waals surface area contributed by atoms with E-state index in [1.54, 1.807) is 22.6 Å². The molecule has 0 aromatic carbocycles. The monoisotopic (exact) mass is 292 g/mol. The predicted molar refractivity (Wildman–Crippen MR) is 77.9 cm³/mol. The van der Waals surface area contributed by atoms with Gasteiger partial charge in [-0.25, -0.2) is 9.97 Å². The van der Waals surface area contributed by atoms with E-state index >= 15 is 0 Å². The standard InChI is InChI=1S/C13H16N4O2S/c1-9(18)16-3-4-17(7-10(19)6-16)13-12-11(2-5-20-12)14-8-15-13/h2,5,8,10,19H,3-4,6-7H2,1H3/t10-/m1/s1. The normalized spacial score (nSPS) is 20.2. The fraction of sp³-hybridized carbons (Fsp3) is 0.462. The molecule has 1 N–H and O–H groups in total. The molecule has 1 amide bonds. The molecule has 1 atom stereocenters. The Labute approximate surface area is 120 Å². The number of aliphatic hydroxyl groups is 1. The number of amides is 1. The topological polar surface area (TPSA) is 69.6 Å². The summed E-state index contributed by atoms with van der Waals surface area (Å²) in [6.45, 7) is 3.66. The van der Waals surface area contributed by atoms with E-state index in [-0.39, 0.29) is 5.91 Å². The minimum absolute atomic E-state index is 0.00476. The molecule has 20 heavy (non-hydrogen) atoms. The van der Waals surface area contributed by atoms with Crippen molar-refractivity contribution in [2.24, 2.45) is 0 Å². The van der Waals surface area contributed by atoms with E-state index in [1.807, 2.05) is 16.3 Å². The molecule has 0 aliphatic carbocycles. The Hall–Kier alpha value is -1.73. The molecule has 0 radical (unpaired) electrons. The van der Waals surface area contributed by atoms with Gasteiger partial charge in [0.05, 0.1) is 16.3 Å². The van der Waals surface area contributed by atoms with Gasteiger partial charge in [-0.1, -0.05) is 0 Å². The Morgan fingerprint density at radius 1 is 1.40 bits per heavy atom. The summed E-state index contributed by atoms with van der Waals surface area (Å²) >= 11 is 1.59. The minimum atomic E-state index is -0.564. The van der Waals surface area contributed by atoms with Gasteiger partial charge in [0.15, 0.2) is 0 Å². The fourth-order valence-corrected chi connectivity index (χ4v) is 3.33. The molecule has 0 unspecified atom stereocenters. The van der Waals surface area contributed by atoms with E-state index in [2.05, 4.69) is 9.97 Å². The second-order valence-electron chi connectivity index (χ2n) is 4.90. The van der Waals surface area contributed by atoms with Gasteiger partial charge in [-0.05, 0) is 11.4 Å². The lowest BCUT2D eigenvalue weighted by atomic mass is 10.3. The molecule has 106 valence electrons. The van der Waals surface area contributed by atoms with Crippen LogP contribution in [0, 0.1) is 0 Å². The zero-order valence-electron chi connectivity index (χ0n) is 11.2. The van der Waals surface area contributed by atoms with Gasteiger partial charge in [-0.15, -0.1) is 11.3 Å². The molecule has 3 rings (SSSR count). The lowest BCUT2D eigenvalue weighted by Gasteiger charge is -2.22. The second-order valence-corrected chi connectivity index (χ2v) is 5.81. The lowest BCUT2D eigenvalue weighted by Crippen LogP contribution is -2.36. The van der Waals surface area contributed by atoms with Crippen LogP contribution in [0.4, 0.5) is 5.82 Å². The maximum absolute atomic E-state index is 11.5. The van der Waals surface area contributed by atoms with E-state index in [0.29, 0.717) is 26.2 Å². The van der Waals surface area contributed by atoms with E-state index in [9.17, 15) is 9.90 Å². The van der Waals surface area contributed by atoms with Gasteiger partial charge in [0, 0.05) is 33.1 Å². The van der Waals surface area contributed by atoms with E-state index in [1.165, 1.54) is 6.92 Å². The van der Waals surface area contributed by atoms with Crippen molar-refractivity contribution < 1.29 is 9.90 Å². The largest absolute Gasteiger partial charge is 0.389 e. The van der Waals surface area contributed by atoms with Crippen LogP contribution in [0.5, 0.6) is 0 Å². The fourth-order valence-electron chi connectivity index (χ4n) is 2.47. The number of hydrogen-bond donors (Lipinski definition) is 1. The Bertz CT molecular complexity index is 630. The zero-order valence-corrected chi connectivity index (χ0v) is 12.0. The molecule has 6 nitrogen and oxygen atoms in total. The molecule has 2 aromatic heterocycles. The summed E-state index contributed by atoms with van der Waals surface area (Å²) in [7, 11) is 0. The predicted octanol–water partition coefficient (Wildman–Crippen LogP) is 0.721. The van der Waals surface area contributed by atoms with Gasteiger partial charge in [0.1, 0.15) is 12.1 Å². The highest BCUT2D eigenvalue weighted by atomic mass is 32.1. The summed E-state index contributed by atoms with van der Waals surface area (Å²) in [4.78, 5) is 23.8. The molecule has 1 aliphatic heterocycles. The highest BCUT2D eigenvalue weighted by Gasteiger charge is 2.24. The minimum Gasteiger partial charge on any atom is -0.389 e. The third-order valence-corrected chi connectivity index (χ3v) is 4.37. The van der Waals surface area contributed by atoms with Crippen LogP contribution < -0.4 is 4.90 Å². The quantitative estimate of drug-likeness (QED) is 0.839. The average Bonchev–Trinajstić information content (AvgIpc) is 2.81. The van der Waals surface area contributed by atoms with Crippen LogP contribution in [0.15, 0.2) is 17.8 Å². The number of β-amino-alcohol motifs (C(OH)–C–C–N with tert-alkyl or cyclic N) is 1. The van der Waals surface area contributed by atoms with Gasteiger partial charge in [-0.2, -0.15) is 0 Å². The van der Waals surface area contributed by atoms with Crippen molar-refractivity contribution in [3.8, 4) is 0 Å². The van der Waals surface area contributed by atoms with Crippen LogP contribution in [0.1, 0.15) is 6.92 Å². The highest BCUT2D eigenvalue weighted by Crippen LogP contribution is 2.28. The van der Waals surface area contributed by atoms with E-state index in [0.717, 1.165) is 16.0 Å². The van der Waals surface area contributed by atoms with Gasteiger partial charge < -0.3 is 14.9 Å². The Morgan fingerprint density at radius 2 is 2.25 bits per heavy atom. The van der Waals surface area contributed by atoms with Crippen molar-refractivity contribution in [1.82, 2.24) is 14.9 Å². The number of fused-ring (bicyclic) bond motifs is 1. The van der Waals surface area contributed by atoms with Crippen LogP contribution in [-0.4, -0.2) is 58.2 Å². The number of thiophene rings is 1. The van der Waals surface area contributed by atoms with Crippen LogP contribution >= 0.6 is 11.3 Å². The van der Waals surface area contributed by atoms with Crippen molar-refractivity contribution in [3.63, 3.8) is 0 Å². The van der Waals surface area contributed by atoms with Crippen molar-refractivity contribution in [3.05, 3.63) is 17.8 Å². The Morgan fingerprint density at radius 3 is 3.05 bits per heavy atom. The van der Waals surface area contributed by atoms with Gasteiger partial charge in [0.25, 0.3) is 0 Å². The maximum atomic E-state index is 11.5. The molecule has 1 fully saturated rings. The van der Waals surface area contributed by atoms with Gasteiger partial charge >= 0.3 is 0 Å². The molecule has 1 saturated heterocycles. The van der Waals surface area contributed by atoms with E-state index < -0.39 is 6.10 Å². The van der Waals surface area contributed by atoms with Gasteiger partial charge in [-0.3, -0.25) is 4.79 Å². The smallest absolute Gasteiger partial charge is 0.219 e. The van der Waals surface area contributed by atoms with Crippen LogP contribution in [0.2, 0.25) is 0 Å². The number of carbonyl (C=O) groups is 1. The molecular weight excluding hydrogens is 276 g/mol. The number of nitrogens with zero attached hydrogens (tertiary/aromatic N) is 4. The van der Waals surface area contributed by atoms with Crippen molar-refractivity contribution in [1.29, 1.82) is 0 Å². The molecule has 0 bridgehead atoms. The van der Waals surface area contributed by atoms with Crippen LogP contribution in [-0.2, 0) is 4.79 Å². The summed E-state index contributed by atoms with van der Waals surface area (Å²) in [5, 5.41) is 12.1. The summed E-state index contributed by atoms with van der Waals surface area (Å²) in [5.41, 5.74) is 0.919. The molecular formula is C13H16N4O2S. The van der Waals surface area contributed by atoms with E-state index in [4.69, 9.17) is 0 Å². The third kappa shape index (κ3) is 2.46. The Kier molecular flexibility index (Phi) is 3.54. The maximum Gasteiger partial charge on any atom is 0.219 e. The van der Waals surface area contributed by atoms with Crippen molar-refractivity contribution >= 4 is 33.3 Å². The number of anilines is 1. The van der Waals surface area contributed by atoms with Crippen molar-refractivity contribution in [2.45, 2.75) is 13.0 Å². The first-order valence-corrected chi connectivity index (χ1v) is 7.40. The molecule has 0 saturated carbocycles. The molecule has 3 heterocycles. The lowest BCUT2D eigenvalue weighted by molar-refractivity contribution is -0.129. The number of aromatic nitrogens is 2. The summed E-state index contributed by atoms with van der Waals surface area (Å²) in [6, 6.07) is 1.96. The molecule has 1 aliphatic rings. The number of aliphatic hydroxyl groups excluding tert-OH is 1. The summed E-state index contributed by atoms with van der Waals surface area (Å²) in [5.74, 6) is 0.837.